The number of nitrogens with two attached hydrogens (primary N) is 1. The highest BCUT2D eigenvalue weighted by Gasteiger charge is 2.05. The summed E-state index contributed by atoms with van der Waals surface area (Å²) in [5.41, 5.74) is 9.89. The fourth-order valence-electron chi connectivity index (χ4n) is 1.79. The van der Waals surface area contributed by atoms with Crippen molar-refractivity contribution in [3.8, 4) is 11.5 Å². The zero-order valence-corrected chi connectivity index (χ0v) is 10.4. The van der Waals surface area contributed by atoms with Crippen molar-refractivity contribution < 1.29 is 4.74 Å². The van der Waals surface area contributed by atoms with E-state index in [4.69, 9.17) is 10.5 Å². The van der Waals surface area contributed by atoms with Gasteiger partial charge in [0, 0.05) is 5.69 Å². The minimum absolute atomic E-state index is 0.791. The molecule has 0 amide bonds. The van der Waals surface area contributed by atoms with Crippen molar-refractivity contribution in [2.24, 2.45) is 0 Å². The molecule has 0 aromatic heterocycles. The van der Waals surface area contributed by atoms with Crippen molar-refractivity contribution in [3.05, 3.63) is 53.1 Å². The lowest BCUT2D eigenvalue weighted by Crippen LogP contribution is -1.93. The van der Waals surface area contributed by atoms with Crippen molar-refractivity contribution in [1.29, 1.82) is 0 Å². The van der Waals surface area contributed by atoms with Crippen LogP contribution in [0.2, 0.25) is 0 Å². The Kier molecular flexibility index (Phi) is 3.05. The normalized spacial score (nSPS) is 10.3. The zero-order valence-electron chi connectivity index (χ0n) is 10.4. The number of ether oxygens (including phenoxy) is 1. The molecule has 2 aromatic rings. The molecule has 0 saturated heterocycles. The number of benzene rings is 2. The Bertz CT molecular complexity index is 526. The second kappa shape index (κ2) is 4.50. The van der Waals surface area contributed by atoms with Crippen molar-refractivity contribution in [2.45, 2.75) is 20.8 Å². The van der Waals surface area contributed by atoms with Crippen LogP contribution in [-0.4, -0.2) is 0 Å². The van der Waals surface area contributed by atoms with E-state index in [1.807, 2.05) is 57.2 Å². The SMILES string of the molecule is Cc1cc(Oc2c(C)cccc2C)ccc1N. The molecule has 2 heteroatoms. The molecule has 0 fully saturated rings. The van der Waals surface area contributed by atoms with Crippen LogP contribution in [0.15, 0.2) is 36.4 Å². The monoisotopic (exact) mass is 227 g/mol. The maximum atomic E-state index is 5.92. The van der Waals surface area contributed by atoms with E-state index in [1.165, 1.54) is 0 Å². The maximum absolute atomic E-state index is 5.92. The Morgan fingerprint density at radius 2 is 1.53 bits per heavy atom. The minimum atomic E-state index is 0.791. The van der Waals surface area contributed by atoms with Gasteiger partial charge < -0.3 is 10.5 Å². The Morgan fingerprint density at radius 3 is 2.12 bits per heavy atom. The molecule has 0 radical (unpaired) electrons. The average Bonchev–Trinajstić information content (AvgIpc) is 2.28. The van der Waals surface area contributed by atoms with E-state index in [-0.39, 0.29) is 0 Å². The molecule has 0 unspecified atom stereocenters. The quantitative estimate of drug-likeness (QED) is 0.787. The second-order valence-corrected chi connectivity index (χ2v) is 4.34. The summed E-state index contributed by atoms with van der Waals surface area (Å²) in [4.78, 5) is 0. The van der Waals surface area contributed by atoms with Crippen molar-refractivity contribution >= 4 is 5.69 Å². The fourth-order valence-corrected chi connectivity index (χ4v) is 1.79. The first-order valence-electron chi connectivity index (χ1n) is 5.68. The molecule has 17 heavy (non-hydrogen) atoms. The van der Waals surface area contributed by atoms with Crippen LogP contribution in [0.3, 0.4) is 0 Å². The summed E-state index contributed by atoms with van der Waals surface area (Å²) in [6.45, 7) is 6.08. The summed E-state index contributed by atoms with van der Waals surface area (Å²) in [6.07, 6.45) is 0. The molecule has 0 aliphatic heterocycles. The van der Waals surface area contributed by atoms with E-state index in [9.17, 15) is 0 Å². The first-order chi connectivity index (χ1) is 8.08. The first kappa shape index (κ1) is 11.5. The van der Waals surface area contributed by atoms with Gasteiger partial charge in [-0.3, -0.25) is 0 Å². The summed E-state index contributed by atoms with van der Waals surface area (Å²) < 4.78 is 5.92. The van der Waals surface area contributed by atoms with Gasteiger partial charge in [0.2, 0.25) is 0 Å². The average molecular weight is 227 g/mol. The number of rotatable bonds is 2. The van der Waals surface area contributed by atoms with Crippen LogP contribution in [-0.2, 0) is 0 Å². The third-order valence-electron chi connectivity index (χ3n) is 2.87. The lowest BCUT2D eigenvalue weighted by Gasteiger charge is -2.12. The molecule has 2 nitrogen and oxygen atoms in total. The predicted molar refractivity (Wildman–Crippen MR) is 71.6 cm³/mol. The van der Waals surface area contributed by atoms with Crippen LogP contribution >= 0.6 is 0 Å². The van der Waals surface area contributed by atoms with E-state index in [0.717, 1.165) is 33.9 Å². The predicted octanol–water partition coefficient (Wildman–Crippen LogP) is 3.99. The van der Waals surface area contributed by atoms with E-state index in [2.05, 4.69) is 0 Å². The highest BCUT2D eigenvalue weighted by atomic mass is 16.5. The topological polar surface area (TPSA) is 35.2 Å². The summed E-state index contributed by atoms with van der Waals surface area (Å²) in [5, 5.41) is 0. The number of aryl methyl sites for hydroxylation is 3. The van der Waals surface area contributed by atoms with Gasteiger partial charge in [0.1, 0.15) is 11.5 Å². The Balaban J connectivity index is 2.35. The lowest BCUT2D eigenvalue weighted by molar-refractivity contribution is 0.475. The van der Waals surface area contributed by atoms with E-state index in [0.29, 0.717) is 0 Å². The van der Waals surface area contributed by atoms with Gasteiger partial charge in [-0.15, -0.1) is 0 Å². The highest BCUT2D eigenvalue weighted by Crippen LogP contribution is 2.29. The second-order valence-electron chi connectivity index (χ2n) is 4.34. The molecule has 0 saturated carbocycles. The summed E-state index contributed by atoms with van der Waals surface area (Å²) in [7, 11) is 0. The Hall–Kier alpha value is -1.96. The maximum Gasteiger partial charge on any atom is 0.133 e. The summed E-state index contributed by atoms with van der Waals surface area (Å²) in [5.74, 6) is 1.76. The van der Waals surface area contributed by atoms with Crippen molar-refractivity contribution in [3.63, 3.8) is 0 Å². The van der Waals surface area contributed by atoms with E-state index >= 15 is 0 Å². The highest BCUT2D eigenvalue weighted by molar-refractivity contribution is 5.51. The zero-order chi connectivity index (χ0) is 12.4. The van der Waals surface area contributed by atoms with Gasteiger partial charge >= 0.3 is 0 Å². The first-order valence-corrected chi connectivity index (χ1v) is 5.68. The summed E-state index contributed by atoms with van der Waals surface area (Å²) >= 11 is 0. The molecular weight excluding hydrogens is 210 g/mol. The van der Waals surface area contributed by atoms with Gasteiger partial charge in [0.25, 0.3) is 0 Å². The van der Waals surface area contributed by atoms with Crippen LogP contribution in [0, 0.1) is 20.8 Å². The molecule has 2 N–H and O–H groups in total. The number of nitrogen functional groups attached to an aromatic ring is 1. The van der Waals surface area contributed by atoms with Gasteiger partial charge in [0.05, 0.1) is 0 Å². The van der Waals surface area contributed by atoms with Gasteiger partial charge in [-0.2, -0.15) is 0 Å². The Morgan fingerprint density at radius 1 is 0.882 bits per heavy atom. The lowest BCUT2D eigenvalue weighted by atomic mass is 10.1. The van der Waals surface area contributed by atoms with Crippen LogP contribution in [0.25, 0.3) is 0 Å². The minimum Gasteiger partial charge on any atom is -0.457 e. The molecule has 88 valence electrons. The molecular formula is C15H17NO. The Labute approximate surface area is 102 Å². The smallest absolute Gasteiger partial charge is 0.133 e. The number of para-hydroxylation sites is 1. The van der Waals surface area contributed by atoms with Gasteiger partial charge in [-0.05, 0) is 55.7 Å². The van der Waals surface area contributed by atoms with Gasteiger partial charge in [-0.1, -0.05) is 18.2 Å². The summed E-state index contributed by atoms with van der Waals surface area (Å²) in [6, 6.07) is 11.9. The largest absolute Gasteiger partial charge is 0.457 e. The molecule has 0 aliphatic carbocycles. The molecule has 0 spiro atoms. The van der Waals surface area contributed by atoms with Crippen molar-refractivity contribution in [1.82, 2.24) is 0 Å². The van der Waals surface area contributed by atoms with Gasteiger partial charge in [0.15, 0.2) is 0 Å². The number of hydrogen-bond acceptors (Lipinski definition) is 2. The van der Waals surface area contributed by atoms with Crippen LogP contribution in [0.5, 0.6) is 11.5 Å². The van der Waals surface area contributed by atoms with Crippen LogP contribution in [0.4, 0.5) is 5.69 Å². The van der Waals surface area contributed by atoms with Crippen LogP contribution in [0.1, 0.15) is 16.7 Å². The molecule has 2 rings (SSSR count). The van der Waals surface area contributed by atoms with E-state index in [1.54, 1.807) is 0 Å². The van der Waals surface area contributed by atoms with Gasteiger partial charge in [-0.25, -0.2) is 0 Å². The van der Waals surface area contributed by atoms with Crippen molar-refractivity contribution in [2.75, 3.05) is 5.73 Å². The molecule has 0 aliphatic rings. The third-order valence-corrected chi connectivity index (χ3v) is 2.87. The third kappa shape index (κ3) is 2.41. The molecule has 0 atom stereocenters. The number of hydrogen-bond donors (Lipinski definition) is 1. The molecule has 2 aromatic carbocycles. The number of anilines is 1. The standard InChI is InChI=1S/C15H17NO/c1-10-5-4-6-11(2)15(10)17-13-7-8-14(16)12(3)9-13/h4-9H,16H2,1-3H3. The molecule has 0 heterocycles. The molecule has 0 bridgehead atoms. The van der Waals surface area contributed by atoms with Crippen LogP contribution < -0.4 is 10.5 Å². The van der Waals surface area contributed by atoms with E-state index < -0.39 is 0 Å². The fraction of sp³-hybridized carbons (Fsp3) is 0.200.